The normalized spacial score (nSPS) is 23.8. The number of ether oxygens (including phenoxy) is 2. The Morgan fingerprint density at radius 1 is 1.56 bits per heavy atom. The molecule has 1 fully saturated rings. The Morgan fingerprint density at radius 2 is 2.31 bits per heavy atom. The lowest BCUT2D eigenvalue weighted by atomic mass is 10.2. The highest BCUT2D eigenvalue weighted by molar-refractivity contribution is 5.72. The van der Waals surface area contributed by atoms with Gasteiger partial charge in [-0.05, 0) is 12.8 Å². The highest BCUT2D eigenvalue weighted by Gasteiger charge is 2.30. The van der Waals surface area contributed by atoms with Crippen molar-refractivity contribution >= 4 is 12.1 Å². The predicted molar refractivity (Wildman–Crippen MR) is 55.1 cm³/mol. The summed E-state index contributed by atoms with van der Waals surface area (Å²) in [7, 11) is 0. The van der Waals surface area contributed by atoms with Crippen molar-refractivity contribution in [2.45, 2.75) is 25.0 Å². The number of carboxylic acid groups (broad SMARTS) is 1. The molecule has 0 bridgehead atoms. The van der Waals surface area contributed by atoms with Crippen LogP contribution in [0.3, 0.4) is 0 Å². The van der Waals surface area contributed by atoms with Crippen LogP contribution in [0.15, 0.2) is 12.7 Å². The highest BCUT2D eigenvalue weighted by Crippen LogP contribution is 2.19. The van der Waals surface area contributed by atoms with Crippen LogP contribution in [0, 0.1) is 0 Å². The van der Waals surface area contributed by atoms with Crippen molar-refractivity contribution < 1.29 is 24.2 Å². The first-order valence-electron chi connectivity index (χ1n) is 5.03. The van der Waals surface area contributed by atoms with Gasteiger partial charge in [-0.3, -0.25) is 0 Å². The molecule has 1 saturated heterocycles. The molecule has 1 heterocycles. The molecule has 2 N–H and O–H groups in total. The van der Waals surface area contributed by atoms with Gasteiger partial charge in [0, 0.05) is 6.54 Å². The molecule has 6 heteroatoms. The van der Waals surface area contributed by atoms with Crippen LogP contribution in [0.2, 0.25) is 0 Å². The van der Waals surface area contributed by atoms with E-state index in [1.807, 2.05) is 0 Å². The monoisotopic (exact) mass is 229 g/mol. The van der Waals surface area contributed by atoms with E-state index in [1.54, 1.807) is 0 Å². The van der Waals surface area contributed by atoms with Crippen LogP contribution in [0.4, 0.5) is 4.79 Å². The van der Waals surface area contributed by atoms with E-state index in [0.717, 1.165) is 0 Å². The lowest BCUT2D eigenvalue weighted by molar-refractivity contribution is -0.149. The number of carbonyl (C=O) groups is 2. The zero-order valence-corrected chi connectivity index (χ0v) is 8.85. The van der Waals surface area contributed by atoms with Gasteiger partial charge in [0.05, 0.1) is 6.10 Å². The van der Waals surface area contributed by atoms with Crippen LogP contribution in [0.1, 0.15) is 12.8 Å². The fourth-order valence-corrected chi connectivity index (χ4v) is 1.42. The third kappa shape index (κ3) is 3.90. The Balaban J connectivity index is 2.17. The molecule has 0 aliphatic carbocycles. The number of hydrogen-bond acceptors (Lipinski definition) is 4. The summed E-state index contributed by atoms with van der Waals surface area (Å²) < 4.78 is 9.87. The number of aliphatic carboxylic acids is 1. The van der Waals surface area contributed by atoms with Crippen LogP contribution in [-0.4, -0.2) is 42.5 Å². The Hall–Kier alpha value is -1.56. The Labute approximate surface area is 93.2 Å². The fourth-order valence-electron chi connectivity index (χ4n) is 1.42. The van der Waals surface area contributed by atoms with Crippen molar-refractivity contribution in [2.24, 2.45) is 0 Å². The smallest absolute Gasteiger partial charge is 0.407 e. The second-order valence-electron chi connectivity index (χ2n) is 3.43. The molecule has 0 aromatic heterocycles. The maximum absolute atomic E-state index is 11.0. The lowest BCUT2D eigenvalue weighted by Gasteiger charge is -2.11. The lowest BCUT2D eigenvalue weighted by Crippen LogP contribution is -2.33. The highest BCUT2D eigenvalue weighted by atomic mass is 16.6. The third-order valence-corrected chi connectivity index (χ3v) is 2.19. The summed E-state index contributed by atoms with van der Waals surface area (Å²) in [5.41, 5.74) is 0. The predicted octanol–water partition coefficient (Wildman–Crippen LogP) is 0.531. The van der Waals surface area contributed by atoms with Crippen LogP contribution < -0.4 is 5.32 Å². The summed E-state index contributed by atoms with van der Waals surface area (Å²) in [6, 6.07) is 0. The van der Waals surface area contributed by atoms with Gasteiger partial charge in [0.25, 0.3) is 0 Å². The standard InChI is InChI=1S/C10H15NO5/c1-2-5-15-10(14)11-6-7-3-4-8(16-7)9(12)13/h2,7-8H,1,3-6H2,(H,11,14)(H,12,13). The molecule has 0 aromatic carbocycles. The molecule has 6 nitrogen and oxygen atoms in total. The molecule has 0 saturated carbocycles. The first-order valence-corrected chi connectivity index (χ1v) is 5.03. The van der Waals surface area contributed by atoms with Gasteiger partial charge in [0.2, 0.25) is 0 Å². The van der Waals surface area contributed by atoms with Crippen molar-refractivity contribution in [1.82, 2.24) is 5.32 Å². The minimum absolute atomic E-state index is 0.148. The van der Waals surface area contributed by atoms with Gasteiger partial charge in [-0.15, -0.1) is 0 Å². The van der Waals surface area contributed by atoms with E-state index in [-0.39, 0.29) is 19.3 Å². The van der Waals surface area contributed by atoms with Gasteiger partial charge in [-0.25, -0.2) is 9.59 Å². The van der Waals surface area contributed by atoms with E-state index in [2.05, 4.69) is 16.6 Å². The number of carboxylic acids is 1. The first kappa shape index (κ1) is 12.5. The summed E-state index contributed by atoms with van der Waals surface area (Å²) >= 11 is 0. The van der Waals surface area contributed by atoms with Gasteiger partial charge >= 0.3 is 12.1 Å². The van der Waals surface area contributed by atoms with Crippen molar-refractivity contribution in [3.8, 4) is 0 Å². The number of hydrogen-bond donors (Lipinski definition) is 2. The summed E-state index contributed by atoms with van der Waals surface area (Å²) in [6.45, 7) is 3.82. The maximum Gasteiger partial charge on any atom is 0.407 e. The number of rotatable bonds is 5. The van der Waals surface area contributed by atoms with E-state index in [9.17, 15) is 9.59 Å². The topological polar surface area (TPSA) is 84.9 Å². The summed E-state index contributed by atoms with van der Waals surface area (Å²) in [6.07, 6.45) is 1.00. The molecule has 0 radical (unpaired) electrons. The largest absolute Gasteiger partial charge is 0.479 e. The Morgan fingerprint density at radius 3 is 2.88 bits per heavy atom. The average Bonchev–Trinajstić information content (AvgIpc) is 2.72. The van der Waals surface area contributed by atoms with Crippen LogP contribution in [0.5, 0.6) is 0 Å². The van der Waals surface area contributed by atoms with E-state index in [4.69, 9.17) is 9.84 Å². The molecule has 2 atom stereocenters. The fraction of sp³-hybridized carbons (Fsp3) is 0.600. The minimum Gasteiger partial charge on any atom is -0.479 e. The maximum atomic E-state index is 11.0. The van der Waals surface area contributed by atoms with Crippen LogP contribution >= 0.6 is 0 Å². The second kappa shape index (κ2) is 6.12. The van der Waals surface area contributed by atoms with Gasteiger partial charge in [-0.1, -0.05) is 12.7 Å². The molecule has 0 aromatic rings. The summed E-state index contributed by atoms with van der Waals surface area (Å²) in [4.78, 5) is 21.6. The Kier molecular flexibility index (Phi) is 4.78. The van der Waals surface area contributed by atoms with Gasteiger partial charge in [0.15, 0.2) is 6.10 Å². The minimum atomic E-state index is -0.961. The van der Waals surface area contributed by atoms with Gasteiger partial charge < -0.3 is 19.9 Å². The molecule has 1 aliphatic rings. The number of carbonyl (C=O) groups excluding carboxylic acids is 1. The quantitative estimate of drug-likeness (QED) is 0.672. The zero-order valence-electron chi connectivity index (χ0n) is 8.85. The molecule has 0 spiro atoms. The Bertz CT molecular complexity index is 278. The molecular formula is C10H15NO5. The molecule has 2 unspecified atom stereocenters. The van der Waals surface area contributed by atoms with E-state index < -0.39 is 18.2 Å². The van der Waals surface area contributed by atoms with Crippen molar-refractivity contribution in [3.05, 3.63) is 12.7 Å². The van der Waals surface area contributed by atoms with Gasteiger partial charge in [0.1, 0.15) is 6.61 Å². The third-order valence-electron chi connectivity index (χ3n) is 2.19. The molecule has 1 amide bonds. The zero-order chi connectivity index (χ0) is 12.0. The summed E-state index contributed by atoms with van der Waals surface area (Å²) in [5, 5.41) is 11.2. The average molecular weight is 229 g/mol. The molecule has 16 heavy (non-hydrogen) atoms. The van der Waals surface area contributed by atoms with Crippen molar-refractivity contribution in [1.29, 1.82) is 0 Å². The SMILES string of the molecule is C=CCOC(=O)NCC1CCC(C(=O)O)O1. The molecule has 1 aliphatic heterocycles. The number of amides is 1. The number of alkyl carbamates (subject to hydrolysis) is 1. The van der Waals surface area contributed by atoms with E-state index >= 15 is 0 Å². The number of nitrogens with one attached hydrogen (secondary N) is 1. The van der Waals surface area contributed by atoms with Crippen molar-refractivity contribution in [3.63, 3.8) is 0 Å². The molecule has 90 valence electrons. The second-order valence-corrected chi connectivity index (χ2v) is 3.43. The summed E-state index contributed by atoms with van der Waals surface area (Å²) in [5.74, 6) is -0.961. The molecule has 1 rings (SSSR count). The molecular weight excluding hydrogens is 214 g/mol. The van der Waals surface area contributed by atoms with Crippen LogP contribution in [0.25, 0.3) is 0 Å². The first-order chi connectivity index (χ1) is 7.63. The van der Waals surface area contributed by atoms with E-state index in [1.165, 1.54) is 6.08 Å². The van der Waals surface area contributed by atoms with Gasteiger partial charge in [-0.2, -0.15) is 0 Å². The van der Waals surface area contributed by atoms with Crippen LogP contribution in [-0.2, 0) is 14.3 Å². The van der Waals surface area contributed by atoms with Crippen molar-refractivity contribution in [2.75, 3.05) is 13.2 Å². The van der Waals surface area contributed by atoms with E-state index in [0.29, 0.717) is 12.8 Å².